The van der Waals surface area contributed by atoms with Crippen molar-refractivity contribution >= 4 is 23.2 Å². The van der Waals surface area contributed by atoms with E-state index in [-0.39, 0.29) is 18.6 Å². The average Bonchev–Trinajstić information content (AvgIpc) is 3.37. The second-order valence-corrected chi connectivity index (χ2v) is 6.53. The van der Waals surface area contributed by atoms with Gasteiger partial charge in [-0.05, 0) is 30.5 Å². The first-order valence-corrected chi connectivity index (χ1v) is 9.32. The molecule has 2 N–H and O–H groups in total. The molecule has 3 aromatic rings. The molecule has 2 heterocycles. The van der Waals surface area contributed by atoms with Gasteiger partial charge in [-0.3, -0.25) is 20.4 Å². The minimum atomic E-state index is -0.999. The van der Waals surface area contributed by atoms with Crippen molar-refractivity contribution in [3.63, 3.8) is 0 Å². The lowest BCUT2D eigenvalue weighted by Gasteiger charge is -2.15. The predicted octanol–water partition coefficient (Wildman–Crippen LogP) is 2.48. The summed E-state index contributed by atoms with van der Waals surface area (Å²) in [4.78, 5) is 28.0. The summed E-state index contributed by atoms with van der Waals surface area (Å²) in [5.74, 6) is -0.902. The molecule has 0 aliphatic heterocycles. The number of aromatic nitrogens is 2. The van der Waals surface area contributed by atoms with Crippen molar-refractivity contribution in [2.75, 3.05) is 0 Å². The molecule has 0 aliphatic rings. The summed E-state index contributed by atoms with van der Waals surface area (Å²) in [7, 11) is 0. The van der Waals surface area contributed by atoms with Gasteiger partial charge in [0.25, 0.3) is 5.91 Å². The van der Waals surface area contributed by atoms with Crippen LogP contribution < -0.4 is 15.6 Å². The second kappa shape index (κ2) is 9.09. The number of hydrogen-bond acceptors (Lipinski definition) is 7. The number of amides is 2. The van der Waals surface area contributed by atoms with Gasteiger partial charge in [0.15, 0.2) is 17.7 Å². The van der Waals surface area contributed by atoms with Crippen LogP contribution in [0.5, 0.6) is 5.75 Å². The van der Waals surface area contributed by atoms with Crippen molar-refractivity contribution in [2.45, 2.75) is 25.9 Å². The molecule has 2 amide bonds. The van der Waals surface area contributed by atoms with Gasteiger partial charge in [-0.25, -0.2) is 4.39 Å². The number of hydrazine groups is 1. The molecule has 28 heavy (non-hydrogen) atoms. The normalized spacial score (nSPS) is 11.6. The monoisotopic (exact) mass is 404 g/mol. The van der Waals surface area contributed by atoms with E-state index in [1.54, 1.807) is 6.07 Å². The average molecular weight is 404 g/mol. The molecule has 0 aliphatic carbocycles. The standard InChI is InChI=1S/C18H17FN4O4S/c1-11(26-14-5-3-2-4-13(14)19)18(25)22-21-15(24)6-7-16-20-17(23-27-16)12-8-9-28-10-12/h2-5,8-11H,6-7H2,1H3,(H,21,24)(H,22,25)/t11-/m0/s1. The lowest BCUT2D eigenvalue weighted by Crippen LogP contribution is -2.47. The van der Waals surface area contributed by atoms with E-state index in [0.29, 0.717) is 11.7 Å². The summed E-state index contributed by atoms with van der Waals surface area (Å²) in [6.07, 6.45) is -0.741. The van der Waals surface area contributed by atoms with Gasteiger partial charge in [0.05, 0.1) is 0 Å². The van der Waals surface area contributed by atoms with Crippen LogP contribution >= 0.6 is 11.3 Å². The van der Waals surface area contributed by atoms with E-state index in [1.807, 2.05) is 16.8 Å². The number of halogens is 1. The van der Waals surface area contributed by atoms with Crippen LogP contribution in [0.2, 0.25) is 0 Å². The van der Waals surface area contributed by atoms with Crippen molar-refractivity contribution in [3.05, 3.63) is 52.8 Å². The Morgan fingerprint density at radius 1 is 1.29 bits per heavy atom. The minimum Gasteiger partial charge on any atom is -0.478 e. The maximum atomic E-state index is 13.5. The van der Waals surface area contributed by atoms with Crippen molar-refractivity contribution in [3.8, 4) is 17.1 Å². The van der Waals surface area contributed by atoms with Gasteiger partial charge in [0.2, 0.25) is 17.6 Å². The van der Waals surface area contributed by atoms with Crippen LogP contribution in [0.15, 0.2) is 45.6 Å². The maximum Gasteiger partial charge on any atom is 0.279 e. The molecule has 146 valence electrons. The number of ether oxygens (including phenoxy) is 1. The van der Waals surface area contributed by atoms with E-state index in [1.165, 1.54) is 36.5 Å². The van der Waals surface area contributed by atoms with E-state index in [2.05, 4.69) is 21.0 Å². The van der Waals surface area contributed by atoms with E-state index >= 15 is 0 Å². The molecule has 0 fully saturated rings. The van der Waals surface area contributed by atoms with Gasteiger partial charge in [0, 0.05) is 23.8 Å². The Balaban J connectivity index is 1.41. The summed E-state index contributed by atoms with van der Waals surface area (Å²) >= 11 is 1.52. The molecule has 8 nitrogen and oxygen atoms in total. The predicted molar refractivity (Wildman–Crippen MR) is 98.7 cm³/mol. The Kier molecular flexibility index (Phi) is 6.33. The smallest absolute Gasteiger partial charge is 0.279 e. The van der Waals surface area contributed by atoms with Crippen LogP contribution in [0.25, 0.3) is 11.4 Å². The number of aryl methyl sites for hydroxylation is 1. The molecule has 0 radical (unpaired) electrons. The first-order chi connectivity index (χ1) is 13.5. The molecule has 10 heteroatoms. The highest BCUT2D eigenvalue weighted by molar-refractivity contribution is 7.08. The number of nitrogens with one attached hydrogen (secondary N) is 2. The highest BCUT2D eigenvalue weighted by atomic mass is 32.1. The number of thiophene rings is 1. The lowest BCUT2D eigenvalue weighted by atomic mass is 10.3. The number of benzene rings is 1. The largest absolute Gasteiger partial charge is 0.478 e. The quantitative estimate of drug-likeness (QED) is 0.586. The SMILES string of the molecule is C[C@H](Oc1ccccc1F)C(=O)NNC(=O)CCc1nc(-c2ccsc2)no1. The molecular formula is C18H17FN4O4S. The van der Waals surface area contributed by atoms with Crippen LogP contribution in [0.3, 0.4) is 0 Å². The molecule has 0 spiro atoms. The Labute approximate surface area is 163 Å². The highest BCUT2D eigenvalue weighted by Crippen LogP contribution is 2.19. The molecular weight excluding hydrogens is 387 g/mol. The van der Waals surface area contributed by atoms with Gasteiger partial charge >= 0.3 is 0 Å². The number of rotatable bonds is 7. The molecule has 1 aromatic carbocycles. The summed E-state index contributed by atoms with van der Waals surface area (Å²) in [6, 6.07) is 7.60. The van der Waals surface area contributed by atoms with Gasteiger partial charge < -0.3 is 9.26 Å². The van der Waals surface area contributed by atoms with Crippen molar-refractivity contribution < 1.29 is 23.2 Å². The Morgan fingerprint density at radius 3 is 2.86 bits per heavy atom. The summed E-state index contributed by atoms with van der Waals surface area (Å²) in [5.41, 5.74) is 5.35. The Morgan fingerprint density at radius 2 is 2.11 bits per heavy atom. The zero-order valence-electron chi connectivity index (χ0n) is 14.8. The number of hydrogen-bond donors (Lipinski definition) is 2. The molecule has 1 atom stereocenters. The maximum absolute atomic E-state index is 13.5. The van der Waals surface area contributed by atoms with Gasteiger partial charge in [0.1, 0.15) is 0 Å². The molecule has 0 saturated carbocycles. The summed E-state index contributed by atoms with van der Waals surface area (Å²) in [6.45, 7) is 1.44. The molecule has 0 bridgehead atoms. The minimum absolute atomic E-state index is 0.0358. The Bertz CT molecular complexity index is 945. The van der Waals surface area contributed by atoms with E-state index in [4.69, 9.17) is 9.26 Å². The first-order valence-electron chi connectivity index (χ1n) is 8.38. The van der Waals surface area contributed by atoms with E-state index in [0.717, 1.165) is 5.56 Å². The van der Waals surface area contributed by atoms with Gasteiger partial charge in [-0.1, -0.05) is 17.3 Å². The fraction of sp³-hybridized carbons (Fsp3) is 0.222. The van der Waals surface area contributed by atoms with Crippen molar-refractivity contribution in [1.82, 2.24) is 21.0 Å². The summed E-state index contributed by atoms with van der Waals surface area (Å²) in [5, 5.41) is 7.64. The Hall–Kier alpha value is -3.27. The summed E-state index contributed by atoms with van der Waals surface area (Å²) < 4.78 is 23.9. The van der Waals surface area contributed by atoms with Crippen LogP contribution in [0, 0.1) is 5.82 Å². The zero-order valence-corrected chi connectivity index (χ0v) is 15.7. The van der Waals surface area contributed by atoms with Crippen LogP contribution in [-0.2, 0) is 16.0 Å². The van der Waals surface area contributed by atoms with Crippen molar-refractivity contribution in [1.29, 1.82) is 0 Å². The topological polar surface area (TPSA) is 106 Å². The third-order valence-electron chi connectivity index (χ3n) is 3.65. The number of carbonyl (C=O) groups is 2. The highest BCUT2D eigenvalue weighted by Gasteiger charge is 2.17. The van der Waals surface area contributed by atoms with Crippen LogP contribution in [-0.4, -0.2) is 28.1 Å². The van der Waals surface area contributed by atoms with E-state index in [9.17, 15) is 14.0 Å². The van der Waals surface area contributed by atoms with Gasteiger partial charge in [-0.15, -0.1) is 0 Å². The number of carbonyl (C=O) groups excluding carboxylic acids is 2. The fourth-order valence-corrected chi connectivity index (χ4v) is 2.80. The van der Waals surface area contributed by atoms with Crippen LogP contribution in [0.4, 0.5) is 4.39 Å². The van der Waals surface area contributed by atoms with Gasteiger partial charge in [-0.2, -0.15) is 16.3 Å². The molecule has 2 aromatic heterocycles. The number of para-hydroxylation sites is 1. The van der Waals surface area contributed by atoms with E-state index < -0.39 is 23.7 Å². The number of nitrogens with zero attached hydrogens (tertiary/aromatic N) is 2. The molecule has 0 saturated heterocycles. The third-order valence-corrected chi connectivity index (χ3v) is 4.33. The molecule has 3 rings (SSSR count). The lowest BCUT2D eigenvalue weighted by molar-refractivity contribution is -0.132. The third kappa shape index (κ3) is 5.13. The van der Waals surface area contributed by atoms with Crippen LogP contribution in [0.1, 0.15) is 19.2 Å². The molecule has 0 unspecified atom stereocenters. The fourth-order valence-electron chi connectivity index (χ4n) is 2.17. The zero-order chi connectivity index (χ0) is 19.9. The van der Waals surface area contributed by atoms with Crippen molar-refractivity contribution in [2.24, 2.45) is 0 Å². The second-order valence-electron chi connectivity index (χ2n) is 5.75. The first kappa shape index (κ1) is 19.5.